The Labute approximate surface area is 150 Å². The van der Waals surface area contributed by atoms with Crippen molar-refractivity contribution in [3.63, 3.8) is 0 Å². The fraction of sp³-hybridized carbons (Fsp3) is 0.562. The van der Waals surface area contributed by atoms with Crippen molar-refractivity contribution >= 4 is 28.3 Å². The molecule has 2 N–H and O–H groups in total. The molecule has 8 heteroatoms. The Bertz CT molecular complexity index is 602. The molecule has 1 amide bonds. The fourth-order valence-corrected chi connectivity index (χ4v) is 3.86. The third-order valence-corrected chi connectivity index (χ3v) is 5.62. The van der Waals surface area contributed by atoms with Gasteiger partial charge in [0, 0.05) is 26.1 Å². The number of halogens is 1. The zero-order valence-electron chi connectivity index (χ0n) is 13.9. The first kappa shape index (κ1) is 20.9. The normalized spacial score (nSPS) is 15.8. The zero-order chi connectivity index (χ0) is 16.7. The van der Waals surface area contributed by atoms with E-state index in [0.29, 0.717) is 5.92 Å². The van der Waals surface area contributed by atoms with Gasteiger partial charge in [-0.3, -0.25) is 4.79 Å². The summed E-state index contributed by atoms with van der Waals surface area (Å²) < 4.78 is 26.6. The smallest absolute Gasteiger partial charge is 0.240 e. The molecule has 0 radical (unpaired) electrons. The Morgan fingerprint density at radius 3 is 2.42 bits per heavy atom. The van der Waals surface area contributed by atoms with E-state index in [1.807, 2.05) is 11.9 Å². The van der Waals surface area contributed by atoms with Crippen molar-refractivity contribution in [1.29, 1.82) is 0 Å². The number of piperidine rings is 1. The molecule has 0 unspecified atom stereocenters. The van der Waals surface area contributed by atoms with E-state index in [2.05, 4.69) is 10.0 Å². The lowest BCUT2D eigenvalue weighted by atomic mass is 9.96. The number of nitrogens with zero attached hydrogens (tertiary/aromatic N) is 1. The zero-order valence-corrected chi connectivity index (χ0v) is 15.5. The standard InChI is InChI=1S/C16H25N3O3S.ClH/c1-17-13-14-8-11-19(12-9-14)16(20)7-10-18-23(21,22)15-5-3-2-4-6-15;/h2-6,14,17-18H,7-13H2,1H3;1H. The summed E-state index contributed by atoms with van der Waals surface area (Å²) in [6, 6.07) is 8.19. The minimum Gasteiger partial charge on any atom is -0.343 e. The first-order valence-electron chi connectivity index (χ1n) is 8.00. The van der Waals surface area contributed by atoms with Crippen LogP contribution in [0.25, 0.3) is 0 Å². The van der Waals surface area contributed by atoms with E-state index in [4.69, 9.17) is 0 Å². The first-order chi connectivity index (χ1) is 11.0. The van der Waals surface area contributed by atoms with E-state index >= 15 is 0 Å². The van der Waals surface area contributed by atoms with Crippen LogP contribution in [0, 0.1) is 5.92 Å². The van der Waals surface area contributed by atoms with E-state index in [0.717, 1.165) is 32.5 Å². The maximum Gasteiger partial charge on any atom is 0.240 e. The van der Waals surface area contributed by atoms with E-state index in [1.54, 1.807) is 18.2 Å². The van der Waals surface area contributed by atoms with Crippen LogP contribution in [-0.4, -0.2) is 52.5 Å². The molecular weight excluding hydrogens is 350 g/mol. The number of likely N-dealkylation sites (tertiary alicyclic amines) is 1. The van der Waals surface area contributed by atoms with E-state index in [9.17, 15) is 13.2 Å². The van der Waals surface area contributed by atoms with Gasteiger partial charge in [-0.25, -0.2) is 13.1 Å². The molecule has 1 heterocycles. The minimum absolute atomic E-state index is 0. The summed E-state index contributed by atoms with van der Waals surface area (Å²) in [7, 11) is -1.59. The quantitative estimate of drug-likeness (QED) is 0.751. The van der Waals surface area contributed by atoms with Crippen molar-refractivity contribution in [2.24, 2.45) is 5.92 Å². The molecule has 6 nitrogen and oxygen atoms in total. The number of nitrogens with one attached hydrogen (secondary N) is 2. The second-order valence-corrected chi connectivity index (χ2v) is 7.61. The van der Waals surface area contributed by atoms with E-state index in [-0.39, 0.29) is 36.2 Å². The van der Waals surface area contributed by atoms with Crippen molar-refractivity contribution in [1.82, 2.24) is 14.9 Å². The van der Waals surface area contributed by atoms with Crippen LogP contribution in [-0.2, 0) is 14.8 Å². The molecule has 0 spiro atoms. The van der Waals surface area contributed by atoms with Gasteiger partial charge < -0.3 is 10.2 Å². The fourth-order valence-electron chi connectivity index (χ4n) is 2.81. The van der Waals surface area contributed by atoms with Crippen LogP contribution in [0.4, 0.5) is 0 Å². The van der Waals surface area contributed by atoms with Crippen LogP contribution in [0.15, 0.2) is 35.2 Å². The van der Waals surface area contributed by atoms with E-state index < -0.39 is 10.0 Å². The van der Waals surface area contributed by atoms with Gasteiger partial charge in [0.05, 0.1) is 4.90 Å². The average Bonchev–Trinajstić information content (AvgIpc) is 2.56. The molecule has 1 saturated heterocycles. The lowest BCUT2D eigenvalue weighted by Crippen LogP contribution is -2.41. The summed E-state index contributed by atoms with van der Waals surface area (Å²) in [4.78, 5) is 14.2. The van der Waals surface area contributed by atoms with Gasteiger partial charge in [0.2, 0.25) is 15.9 Å². The van der Waals surface area contributed by atoms with Gasteiger partial charge in [0.15, 0.2) is 0 Å². The third kappa shape index (κ3) is 6.05. The molecular formula is C16H26ClN3O3S. The molecule has 1 aliphatic heterocycles. The van der Waals surface area contributed by atoms with Crippen molar-refractivity contribution in [2.75, 3.05) is 33.2 Å². The number of carbonyl (C=O) groups is 1. The van der Waals surface area contributed by atoms with Crippen LogP contribution >= 0.6 is 12.4 Å². The van der Waals surface area contributed by atoms with Gasteiger partial charge in [0.1, 0.15) is 0 Å². The van der Waals surface area contributed by atoms with Crippen LogP contribution in [0.2, 0.25) is 0 Å². The van der Waals surface area contributed by atoms with Gasteiger partial charge in [-0.05, 0) is 44.5 Å². The maximum atomic E-state index is 12.2. The molecule has 2 rings (SSSR count). The lowest BCUT2D eigenvalue weighted by Gasteiger charge is -2.32. The summed E-state index contributed by atoms with van der Waals surface area (Å²) in [5.41, 5.74) is 0. The van der Waals surface area contributed by atoms with Crippen LogP contribution < -0.4 is 10.0 Å². The Balaban J connectivity index is 0.00000288. The van der Waals surface area contributed by atoms with Crippen molar-refractivity contribution < 1.29 is 13.2 Å². The monoisotopic (exact) mass is 375 g/mol. The number of hydrogen-bond donors (Lipinski definition) is 2. The second-order valence-electron chi connectivity index (χ2n) is 5.84. The molecule has 1 aliphatic rings. The molecule has 136 valence electrons. The van der Waals surface area contributed by atoms with Crippen LogP contribution in [0.3, 0.4) is 0 Å². The van der Waals surface area contributed by atoms with Crippen molar-refractivity contribution in [2.45, 2.75) is 24.2 Å². The molecule has 0 aliphatic carbocycles. The summed E-state index contributed by atoms with van der Waals surface area (Å²) >= 11 is 0. The first-order valence-corrected chi connectivity index (χ1v) is 9.48. The molecule has 1 aromatic rings. The predicted octanol–water partition coefficient (Wildman–Crippen LogP) is 1.23. The Morgan fingerprint density at radius 2 is 1.83 bits per heavy atom. The Kier molecular flexibility index (Phi) is 8.69. The van der Waals surface area contributed by atoms with Gasteiger partial charge in [-0.15, -0.1) is 12.4 Å². The number of benzene rings is 1. The summed E-state index contributed by atoms with van der Waals surface area (Å²) in [6.45, 7) is 2.64. The second kappa shape index (κ2) is 9.98. The van der Waals surface area contributed by atoms with E-state index in [1.165, 1.54) is 12.1 Å². The number of sulfonamides is 1. The predicted molar refractivity (Wildman–Crippen MR) is 96.7 cm³/mol. The molecule has 0 aromatic heterocycles. The highest BCUT2D eigenvalue weighted by Crippen LogP contribution is 2.17. The van der Waals surface area contributed by atoms with Gasteiger partial charge in [-0.1, -0.05) is 18.2 Å². The van der Waals surface area contributed by atoms with Crippen molar-refractivity contribution in [3.05, 3.63) is 30.3 Å². The maximum absolute atomic E-state index is 12.2. The molecule has 0 saturated carbocycles. The number of amides is 1. The largest absolute Gasteiger partial charge is 0.343 e. The molecule has 1 aromatic carbocycles. The van der Waals surface area contributed by atoms with Gasteiger partial charge >= 0.3 is 0 Å². The topological polar surface area (TPSA) is 78.5 Å². The lowest BCUT2D eigenvalue weighted by molar-refractivity contribution is -0.132. The van der Waals surface area contributed by atoms with Gasteiger partial charge in [-0.2, -0.15) is 0 Å². The number of hydrogen-bond acceptors (Lipinski definition) is 4. The molecule has 1 fully saturated rings. The highest BCUT2D eigenvalue weighted by Gasteiger charge is 2.22. The summed E-state index contributed by atoms with van der Waals surface area (Å²) in [6.07, 6.45) is 2.20. The summed E-state index contributed by atoms with van der Waals surface area (Å²) in [5.74, 6) is 0.643. The third-order valence-electron chi connectivity index (χ3n) is 4.14. The highest BCUT2D eigenvalue weighted by atomic mass is 35.5. The SMILES string of the molecule is CNCC1CCN(C(=O)CCNS(=O)(=O)c2ccccc2)CC1.Cl. The molecule has 0 bridgehead atoms. The highest BCUT2D eigenvalue weighted by molar-refractivity contribution is 7.89. The number of carbonyl (C=O) groups excluding carboxylic acids is 1. The van der Waals surface area contributed by atoms with Crippen LogP contribution in [0.1, 0.15) is 19.3 Å². The van der Waals surface area contributed by atoms with Crippen molar-refractivity contribution in [3.8, 4) is 0 Å². The average molecular weight is 376 g/mol. The number of rotatable bonds is 7. The Hall–Kier alpha value is -1.15. The Morgan fingerprint density at radius 1 is 1.21 bits per heavy atom. The van der Waals surface area contributed by atoms with Crippen LogP contribution in [0.5, 0.6) is 0 Å². The van der Waals surface area contributed by atoms with Gasteiger partial charge in [0.25, 0.3) is 0 Å². The molecule has 0 atom stereocenters. The molecule has 24 heavy (non-hydrogen) atoms. The minimum atomic E-state index is -3.53. The summed E-state index contributed by atoms with van der Waals surface area (Å²) in [5, 5.41) is 3.17.